The summed E-state index contributed by atoms with van der Waals surface area (Å²) in [5.41, 5.74) is 1.11. The Morgan fingerprint density at radius 1 is 1.31 bits per heavy atom. The summed E-state index contributed by atoms with van der Waals surface area (Å²) in [6.45, 7) is 7.34. The van der Waals surface area contributed by atoms with E-state index in [1.807, 2.05) is 12.1 Å². The van der Waals surface area contributed by atoms with E-state index in [2.05, 4.69) is 26.1 Å². The van der Waals surface area contributed by atoms with Crippen molar-refractivity contribution in [3.8, 4) is 11.5 Å². The second kappa shape index (κ2) is 5.75. The van der Waals surface area contributed by atoms with Crippen LogP contribution in [-0.4, -0.2) is 18.3 Å². The molecule has 0 aliphatic rings. The second-order valence-corrected chi connectivity index (χ2v) is 4.42. The van der Waals surface area contributed by atoms with Crippen LogP contribution in [0.4, 0.5) is 0 Å². The molecule has 0 saturated carbocycles. The number of hydrogen-bond donors (Lipinski definition) is 2. The molecule has 0 bridgehead atoms. The summed E-state index contributed by atoms with van der Waals surface area (Å²) in [5, 5.41) is 12.9. The lowest BCUT2D eigenvalue weighted by molar-refractivity contribution is 0.372. The Hall–Kier alpha value is -1.22. The van der Waals surface area contributed by atoms with Gasteiger partial charge in [-0.15, -0.1) is 0 Å². The van der Waals surface area contributed by atoms with Crippen LogP contribution in [0.1, 0.15) is 26.3 Å². The highest BCUT2D eigenvalue weighted by Gasteiger charge is 2.07. The van der Waals surface area contributed by atoms with Crippen molar-refractivity contribution in [1.29, 1.82) is 0 Å². The number of aromatic hydroxyl groups is 1. The quantitative estimate of drug-likeness (QED) is 0.806. The summed E-state index contributed by atoms with van der Waals surface area (Å²) in [7, 11) is 1.56. The maximum Gasteiger partial charge on any atom is 0.160 e. The fourth-order valence-electron chi connectivity index (χ4n) is 1.35. The first-order valence-corrected chi connectivity index (χ1v) is 5.64. The summed E-state index contributed by atoms with van der Waals surface area (Å²) in [5.74, 6) is 1.32. The molecule has 0 aliphatic heterocycles. The minimum absolute atomic E-state index is 0.183. The summed E-state index contributed by atoms with van der Waals surface area (Å²) in [6.07, 6.45) is 0. The smallest absolute Gasteiger partial charge is 0.160 e. The molecule has 0 heterocycles. The van der Waals surface area contributed by atoms with Gasteiger partial charge in [0.25, 0.3) is 0 Å². The molecular weight excluding hydrogens is 202 g/mol. The van der Waals surface area contributed by atoms with E-state index in [0.717, 1.165) is 12.1 Å². The van der Waals surface area contributed by atoms with Gasteiger partial charge in [-0.25, -0.2) is 0 Å². The lowest BCUT2D eigenvalue weighted by Gasteiger charge is -2.17. The van der Waals surface area contributed by atoms with E-state index in [-0.39, 0.29) is 5.75 Å². The van der Waals surface area contributed by atoms with Crippen molar-refractivity contribution in [3.05, 3.63) is 23.8 Å². The van der Waals surface area contributed by atoms with E-state index in [0.29, 0.717) is 17.7 Å². The topological polar surface area (TPSA) is 41.5 Å². The van der Waals surface area contributed by atoms with Gasteiger partial charge in [0, 0.05) is 12.6 Å². The molecular formula is C13H21NO2. The van der Waals surface area contributed by atoms with Crippen LogP contribution in [-0.2, 0) is 6.54 Å². The molecule has 16 heavy (non-hydrogen) atoms. The summed E-state index contributed by atoms with van der Waals surface area (Å²) < 4.78 is 5.06. The van der Waals surface area contributed by atoms with Gasteiger partial charge in [0.1, 0.15) is 0 Å². The molecule has 0 fully saturated rings. The molecule has 2 N–H and O–H groups in total. The number of benzene rings is 1. The minimum Gasteiger partial charge on any atom is -0.504 e. The molecule has 0 saturated heterocycles. The lowest BCUT2D eigenvalue weighted by atomic mass is 10.1. The van der Waals surface area contributed by atoms with Crippen LogP contribution in [0.3, 0.4) is 0 Å². The third kappa shape index (κ3) is 3.42. The number of nitrogens with one attached hydrogen (secondary N) is 1. The maximum absolute atomic E-state index is 9.46. The van der Waals surface area contributed by atoms with Crippen LogP contribution in [0.25, 0.3) is 0 Å². The Labute approximate surface area is 97.4 Å². The molecule has 3 nitrogen and oxygen atoms in total. The summed E-state index contributed by atoms with van der Waals surface area (Å²) in [6, 6.07) is 5.89. The molecule has 1 rings (SSSR count). The monoisotopic (exact) mass is 223 g/mol. The Morgan fingerprint density at radius 3 is 2.56 bits per heavy atom. The highest BCUT2D eigenvalue weighted by atomic mass is 16.5. The highest BCUT2D eigenvalue weighted by Crippen LogP contribution is 2.26. The molecule has 0 aromatic heterocycles. The van der Waals surface area contributed by atoms with Crippen LogP contribution < -0.4 is 10.1 Å². The number of rotatable bonds is 5. The van der Waals surface area contributed by atoms with Gasteiger partial charge in [-0.2, -0.15) is 0 Å². The van der Waals surface area contributed by atoms with Crippen LogP contribution in [0.15, 0.2) is 18.2 Å². The van der Waals surface area contributed by atoms with Gasteiger partial charge in [0.05, 0.1) is 7.11 Å². The number of phenols is 1. The van der Waals surface area contributed by atoms with Crippen LogP contribution >= 0.6 is 0 Å². The Kier molecular flexibility index (Phi) is 4.62. The first-order chi connectivity index (χ1) is 7.54. The maximum atomic E-state index is 9.46. The zero-order chi connectivity index (χ0) is 12.1. The largest absolute Gasteiger partial charge is 0.504 e. The summed E-state index contributed by atoms with van der Waals surface area (Å²) >= 11 is 0. The second-order valence-electron chi connectivity index (χ2n) is 4.42. The molecule has 1 atom stereocenters. The van der Waals surface area contributed by atoms with Crippen molar-refractivity contribution >= 4 is 0 Å². The third-order valence-corrected chi connectivity index (χ3v) is 2.87. The van der Waals surface area contributed by atoms with E-state index < -0.39 is 0 Å². The number of phenolic OH excluding ortho intramolecular Hbond substituents is 1. The first kappa shape index (κ1) is 12.8. The highest BCUT2D eigenvalue weighted by molar-refractivity contribution is 5.41. The fraction of sp³-hybridized carbons (Fsp3) is 0.538. The standard InChI is InChI=1S/C13H21NO2/c1-9(2)10(3)14-8-11-5-6-12(15)13(7-11)16-4/h5-7,9-10,14-15H,8H2,1-4H3. The predicted molar refractivity (Wildman–Crippen MR) is 65.8 cm³/mol. The van der Waals surface area contributed by atoms with E-state index in [1.54, 1.807) is 13.2 Å². The minimum atomic E-state index is 0.183. The Morgan fingerprint density at radius 2 is 2.00 bits per heavy atom. The van der Waals surface area contributed by atoms with Gasteiger partial charge in [-0.1, -0.05) is 19.9 Å². The molecule has 3 heteroatoms. The summed E-state index contributed by atoms with van der Waals surface area (Å²) in [4.78, 5) is 0. The van der Waals surface area contributed by atoms with Crippen molar-refractivity contribution in [3.63, 3.8) is 0 Å². The first-order valence-electron chi connectivity index (χ1n) is 5.64. The molecule has 0 radical (unpaired) electrons. The average molecular weight is 223 g/mol. The molecule has 1 aromatic carbocycles. The molecule has 0 amide bonds. The van der Waals surface area contributed by atoms with E-state index in [4.69, 9.17) is 4.74 Å². The van der Waals surface area contributed by atoms with Crippen LogP contribution in [0.2, 0.25) is 0 Å². The van der Waals surface area contributed by atoms with E-state index >= 15 is 0 Å². The van der Waals surface area contributed by atoms with Gasteiger partial charge in [-0.05, 0) is 30.5 Å². The van der Waals surface area contributed by atoms with Gasteiger partial charge >= 0.3 is 0 Å². The van der Waals surface area contributed by atoms with Crippen molar-refractivity contribution in [2.45, 2.75) is 33.4 Å². The van der Waals surface area contributed by atoms with Crippen LogP contribution in [0.5, 0.6) is 11.5 Å². The van der Waals surface area contributed by atoms with Gasteiger partial charge in [-0.3, -0.25) is 0 Å². The Balaban J connectivity index is 2.61. The van der Waals surface area contributed by atoms with Crippen molar-refractivity contribution in [2.75, 3.05) is 7.11 Å². The molecule has 90 valence electrons. The zero-order valence-electron chi connectivity index (χ0n) is 10.4. The van der Waals surface area contributed by atoms with Crippen molar-refractivity contribution in [1.82, 2.24) is 5.32 Å². The SMILES string of the molecule is COc1cc(CNC(C)C(C)C)ccc1O. The number of hydrogen-bond acceptors (Lipinski definition) is 3. The third-order valence-electron chi connectivity index (χ3n) is 2.87. The van der Waals surface area contributed by atoms with Gasteiger partial charge in [0.15, 0.2) is 11.5 Å². The van der Waals surface area contributed by atoms with E-state index in [1.165, 1.54) is 0 Å². The molecule has 0 spiro atoms. The zero-order valence-corrected chi connectivity index (χ0v) is 10.4. The lowest BCUT2D eigenvalue weighted by Crippen LogP contribution is -2.30. The van der Waals surface area contributed by atoms with E-state index in [9.17, 15) is 5.11 Å². The number of methoxy groups -OCH3 is 1. The van der Waals surface area contributed by atoms with Crippen molar-refractivity contribution < 1.29 is 9.84 Å². The molecule has 1 aromatic rings. The molecule has 1 unspecified atom stereocenters. The average Bonchev–Trinajstić information content (AvgIpc) is 2.27. The molecule has 0 aliphatic carbocycles. The number of ether oxygens (including phenoxy) is 1. The Bertz CT molecular complexity index is 337. The van der Waals surface area contributed by atoms with Crippen LogP contribution in [0, 0.1) is 5.92 Å². The normalized spacial score (nSPS) is 12.8. The van der Waals surface area contributed by atoms with Gasteiger partial charge < -0.3 is 15.2 Å². The van der Waals surface area contributed by atoms with Crippen molar-refractivity contribution in [2.24, 2.45) is 5.92 Å². The fourth-order valence-corrected chi connectivity index (χ4v) is 1.35. The van der Waals surface area contributed by atoms with Gasteiger partial charge in [0.2, 0.25) is 0 Å². The predicted octanol–water partition coefficient (Wildman–Crippen LogP) is 2.53.